The van der Waals surface area contributed by atoms with E-state index in [1.807, 2.05) is 11.8 Å². The Morgan fingerprint density at radius 2 is 2.21 bits per heavy atom. The zero-order chi connectivity index (χ0) is 13.7. The van der Waals surface area contributed by atoms with Crippen LogP contribution in [0.25, 0.3) is 0 Å². The highest BCUT2D eigenvalue weighted by Crippen LogP contribution is 2.32. The molecule has 6 heteroatoms. The van der Waals surface area contributed by atoms with Crippen molar-refractivity contribution in [3.63, 3.8) is 0 Å². The second-order valence-corrected chi connectivity index (χ2v) is 7.17. The normalized spacial score (nSPS) is 16.7. The van der Waals surface area contributed by atoms with E-state index < -0.39 is 0 Å². The Bertz CT molecular complexity index is 428. The fourth-order valence-corrected chi connectivity index (χ4v) is 4.60. The summed E-state index contributed by atoms with van der Waals surface area (Å²) >= 11 is 3.53. The molecule has 0 amide bonds. The molecule has 0 aliphatic heterocycles. The van der Waals surface area contributed by atoms with Crippen molar-refractivity contribution in [3.8, 4) is 0 Å². The number of nitrogens with one attached hydrogen (secondary N) is 1. The summed E-state index contributed by atoms with van der Waals surface area (Å²) < 4.78 is 5.11. The lowest BCUT2D eigenvalue weighted by Crippen LogP contribution is -2.11. The van der Waals surface area contributed by atoms with Gasteiger partial charge in [-0.3, -0.25) is 5.41 Å². The van der Waals surface area contributed by atoms with E-state index in [4.69, 9.17) is 15.9 Å². The van der Waals surface area contributed by atoms with E-state index >= 15 is 0 Å². The molecule has 1 fully saturated rings. The van der Waals surface area contributed by atoms with Gasteiger partial charge in [-0.05, 0) is 12.8 Å². The van der Waals surface area contributed by atoms with Gasteiger partial charge in [0.1, 0.15) is 10.8 Å². The molecular weight excluding hydrogens is 278 g/mol. The van der Waals surface area contributed by atoms with Crippen molar-refractivity contribution in [2.75, 3.05) is 7.11 Å². The molecular formula is C13H21N3OS2. The van der Waals surface area contributed by atoms with E-state index in [2.05, 4.69) is 4.98 Å². The maximum atomic E-state index is 7.58. The third kappa shape index (κ3) is 4.19. The van der Waals surface area contributed by atoms with Crippen LogP contribution >= 0.6 is 23.1 Å². The average Bonchev–Trinajstić information content (AvgIpc) is 2.81. The third-order valence-electron chi connectivity index (χ3n) is 3.26. The number of amidine groups is 1. The maximum Gasteiger partial charge on any atom is 0.135 e. The minimum Gasteiger partial charge on any atom is -0.383 e. The highest BCUT2D eigenvalue weighted by atomic mass is 32.2. The number of thiazole rings is 1. The van der Waals surface area contributed by atoms with Crippen molar-refractivity contribution >= 4 is 28.9 Å². The van der Waals surface area contributed by atoms with Crippen LogP contribution in [0.1, 0.15) is 47.7 Å². The molecule has 1 aromatic rings. The third-order valence-corrected chi connectivity index (χ3v) is 5.96. The van der Waals surface area contributed by atoms with Gasteiger partial charge in [0, 0.05) is 18.1 Å². The number of methoxy groups -OCH3 is 1. The van der Waals surface area contributed by atoms with Gasteiger partial charge in [0.15, 0.2) is 0 Å². The van der Waals surface area contributed by atoms with Crippen molar-refractivity contribution in [3.05, 3.63) is 15.6 Å². The molecule has 3 N–H and O–H groups in total. The Morgan fingerprint density at radius 1 is 1.47 bits per heavy atom. The SMILES string of the molecule is COCc1nc(CSC2CCCCC2)sc1C(=N)N. The molecule has 0 saturated heterocycles. The van der Waals surface area contributed by atoms with E-state index in [1.165, 1.54) is 43.4 Å². The maximum absolute atomic E-state index is 7.58. The van der Waals surface area contributed by atoms with Crippen molar-refractivity contribution < 1.29 is 4.74 Å². The highest BCUT2D eigenvalue weighted by Gasteiger charge is 2.17. The largest absolute Gasteiger partial charge is 0.383 e. The second-order valence-electron chi connectivity index (χ2n) is 4.80. The van der Waals surface area contributed by atoms with Crippen molar-refractivity contribution in [1.29, 1.82) is 5.41 Å². The zero-order valence-electron chi connectivity index (χ0n) is 11.3. The fraction of sp³-hybridized carbons (Fsp3) is 0.692. The van der Waals surface area contributed by atoms with E-state index in [1.54, 1.807) is 7.11 Å². The Kier molecular flexibility index (Phi) is 5.66. The van der Waals surface area contributed by atoms with Crippen LogP contribution in [0.5, 0.6) is 0 Å². The molecule has 0 atom stereocenters. The van der Waals surface area contributed by atoms with Crippen LogP contribution in [0.4, 0.5) is 0 Å². The van der Waals surface area contributed by atoms with Gasteiger partial charge in [-0.1, -0.05) is 19.3 Å². The van der Waals surface area contributed by atoms with Gasteiger partial charge in [-0.25, -0.2) is 4.98 Å². The fourth-order valence-electron chi connectivity index (χ4n) is 2.33. The van der Waals surface area contributed by atoms with E-state index in [0.29, 0.717) is 6.61 Å². The number of hydrogen-bond acceptors (Lipinski definition) is 5. The number of nitrogens with two attached hydrogens (primary N) is 1. The number of hydrogen-bond donors (Lipinski definition) is 2. The summed E-state index contributed by atoms with van der Waals surface area (Å²) in [5, 5.41) is 9.43. The molecule has 106 valence electrons. The monoisotopic (exact) mass is 299 g/mol. The summed E-state index contributed by atoms with van der Waals surface area (Å²) in [4.78, 5) is 5.32. The summed E-state index contributed by atoms with van der Waals surface area (Å²) in [5.41, 5.74) is 6.39. The van der Waals surface area contributed by atoms with Crippen LogP contribution in [0.2, 0.25) is 0 Å². The molecule has 19 heavy (non-hydrogen) atoms. The lowest BCUT2D eigenvalue weighted by atomic mass is 10.0. The van der Waals surface area contributed by atoms with Crippen molar-refractivity contribution in [2.45, 2.75) is 49.7 Å². The molecule has 1 aliphatic rings. The number of rotatable bonds is 6. The molecule has 2 rings (SSSR count). The minimum atomic E-state index is 0.0958. The number of ether oxygens (including phenoxy) is 1. The smallest absolute Gasteiger partial charge is 0.135 e. The quantitative estimate of drug-likeness (QED) is 0.625. The molecule has 1 aromatic heterocycles. The summed E-state index contributed by atoms with van der Waals surface area (Å²) in [6, 6.07) is 0. The predicted octanol–water partition coefficient (Wildman–Crippen LogP) is 3.14. The molecule has 0 unspecified atom stereocenters. The average molecular weight is 299 g/mol. The Morgan fingerprint density at radius 3 is 2.84 bits per heavy atom. The van der Waals surface area contributed by atoms with Gasteiger partial charge in [0.25, 0.3) is 0 Å². The molecule has 4 nitrogen and oxygen atoms in total. The van der Waals surface area contributed by atoms with Gasteiger partial charge in [-0.2, -0.15) is 11.8 Å². The number of thioether (sulfide) groups is 1. The predicted molar refractivity (Wildman–Crippen MR) is 82.0 cm³/mol. The van der Waals surface area contributed by atoms with Gasteiger partial charge in [-0.15, -0.1) is 11.3 Å². The van der Waals surface area contributed by atoms with E-state index in [9.17, 15) is 0 Å². The first-order valence-electron chi connectivity index (χ1n) is 6.64. The van der Waals surface area contributed by atoms with Gasteiger partial charge in [0.05, 0.1) is 17.2 Å². The standard InChI is InChI=1S/C13H21N3OS2/c1-17-7-10-12(13(14)15)19-11(16-10)8-18-9-5-3-2-4-6-9/h9H,2-8H2,1H3,(H3,14,15). The van der Waals surface area contributed by atoms with Crippen LogP contribution in [0.15, 0.2) is 0 Å². The molecule has 1 heterocycles. The Balaban J connectivity index is 1.95. The summed E-state index contributed by atoms with van der Waals surface area (Å²) in [5.74, 6) is 1.03. The van der Waals surface area contributed by atoms with Crippen LogP contribution in [0.3, 0.4) is 0 Å². The Labute approximate surface area is 122 Å². The number of nitrogen functional groups attached to an aromatic ring is 1. The lowest BCUT2D eigenvalue weighted by Gasteiger charge is -2.20. The summed E-state index contributed by atoms with van der Waals surface area (Å²) in [7, 11) is 1.64. The van der Waals surface area contributed by atoms with Crippen LogP contribution in [-0.4, -0.2) is 23.2 Å². The molecule has 0 spiro atoms. The van der Waals surface area contributed by atoms with Crippen LogP contribution in [0, 0.1) is 5.41 Å². The number of aromatic nitrogens is 1. The molecule has 0 radical (unpaired) electrons. The topological polar surface area (TPSA) is 72.0 Å². The Hall–Kier alpha value is -0.590. The minimum absolute atomic E-state index is 0.0958. The lowest BCUT2D eigenvalue weighted by molar-refractivity contribution is 0.182. The van der Waals surface area contributed by atoms with Gasteiger partial charge >= 0.3 is 0 Å². The molecule has 1 saturated carbocycles. The first kappa shape index (κ1) is 14.8. The van der Waals surface area contributed by atoms with Crippen molar-refractivity contribution in [1.82, 2.24) is 4.98 Å². The van der Waals surface area contributed by atoms with Crippen LogP contribution in [-0.2, 0) is 17.1 Å². The first-order valence-corrected chi connectivity index (χ1v) is 8.50. The first-order chi connectivity index (χ1) is 9.20. The second kappa shape index (κ2) is 7.26. The van der Waals surface area contributed by atoms with E-state index in [0.717, 1.165) is 26.6 Å². The van der Waals surface area contributed by atoms with Gasteiger partial charge < -0.3 is 10.5 Å². The van der Waals surface area contributed by atoms with Crippen LogP contribution < -0.4 is 5.73 Å². The molecule has 1 aliphatic carbocycles. The number of nitrogens with zero attached hydrogens (tertiary/aromatic N) is 1. The highest BCUT2D eigenvalue weighted by molar-refractivity contribution is 7.99. The molecule has 0 bridgehead atoms. The molecule has 0 aromatic carbocycles. The van der Waals surface area contributed by atoms with E-state index in [-0.39, 0.29) is 5.84 Å². The van der Waals surface area contributed by atoms with Crippen molar-refractivity contribution in [2.24, 2.45) is 5.73 Å². The summed E-state index contributed by atoms with van der Waals surface area (Å²) in [6.07, 6.45) is 6.79. The van der Waals surface area contributed by atoms with Gasteiger partial charge in [0.2, 0.25) is 0 Å². The zero-order valence-corrected chi connectivity index (χ0v) is 12.9. The summed E-state index contributed by atoms with van der Waals surface area (Å²) in [6.45, 7) is 0.430.